The highest BCUT2D eigenvalue weighted by Crippen LogP contribution is 2.22. The van der Waals surface area contributed by atoms with Crippen molar-refractivity contribution < 1.29 is 9.53 Å². The Kier molecular flexibility index (Phi) is 6.05. The number of imidazole rings is 1. The first-order chi connectivity index (χ1) is 14.6. The fourth-order valence-corrected chi connectivity index (χ4v) is 3.78. The Balaban J connectivity index is 1.56. The van der Waals surface area contributed by atoms with Crippen molar-refractivity contribution in [1.82, 2.24) is 9.55 Å². The molecule has 4 rings (SSSR count). The van der Waals surface area contributed by atoms with Crippen LogP contribution in [0.25, 0.3) is 11.0 Å². The number of carbonyl (C=O) groups is 1. The number of hydrogen-bond donors (Lipinski definition) is 1. The summed E-state index contributed by atoms with van der Waals surface area (Å²) in [5.74, 6) is 1.43. The molecule has 0 bridgehead atoms. The third-order valence-corrected chi connectivity index (χ3v) is 5.56. The van der Waals surface area contributed by atoms with Gasteiger partial charge in [0.05, 0.1) is 11.0 Å². The van der Waals surface area contributed by atoms with E-state index in [-0.39, 0.29) is 19.1 Å². The van der Waals surface area contributed by atoms with Crippen LogP contribution in [0.15, 0.2) is 77.7 Å². The number of nitrogens with zero attached hydrogens (tertiary/aromatic N) is 2. The van der Waals surface area contributed by atoms with Gasteiger partial charge in [-0.1, -0.05) is 36.4 Å². The number of nitrogens with one attached hydrogen (secondary N) is 1. The minimum atomic E-state index is -0.103. The fraction of sp³-hybridized carbons (Fsp3) is 0.167. The van der Waals surface area contributed by atoms with Gasteiger partial charge in [0.1, 0.15) is 24.7 Å². The summed E-state index contributed by atoms with van der Waals surface area (Å²) < 4.78 is 7.92. The van der Waals surface area contributed by atoms with E-state index in [1.807, 2.05) is 90.5 Å². The summed E-state index contributed by atoms with van der Waals surface area (Å²) >= 11 is 1.64. The van der Waals surface area contributed by atoms with Crippen LogP contribution in [0.1, 0.15) is 11.4 Å². The third-order valence-electron chi connectivity index (χ3n) is 4.84. The van der Waals surface area contributed by atoms with Crippen molar-refractivity contribution in [3.05, 3.63) is 84.2 Å². The number of hydrogen-bond acceptors (Lipinski definition) is 4. The molecule has 0 aliphatic carbocycles. The van der Waals surface area contributed by atoms with Crippen LogP contribution in [0, 0.1) is 6.92 Å². The van der Waals surface area contributed by atoms with E-state index in [0.29, 0.717) is 5.82 Å². The molecule has 1 aromatic heterocycles. The smallest absolute Gasteiger partial charge is 0.244 e. The quantitative estimate of drug-likeness (QED) is 0.416. The second-order valence-corrected chi connectivity index (χ2v) is 7.82. The molecule has 4 aromatic rings. The van der Waals surface area contributed by atoms with Crippen LogP contribution in [0.2, 0.25) is 0 Å². The zero-order valence-corrected chi connectivity index (χ0v) is 17.8. The number of fused-ring (bicyclic) bond motifs is 1. The minimum absolute atomic E-state index is 0.103. The Hall–Kier alpha value is -3.25. The fourth-order valence-electron chi connectivity index (χ4n) is 3.32. The normalized spacial score (nSPS) is 10.9. The van der Waals surface area contributed by atoms with E-state index in [4.69, 9.17) is 9.72 Å². The molecule has 3 aromatic carbocycles. The monoisotopic (exact) mass is 417 g/mol. The zero-order valence-electron chi connectivity index (χ0n) is 17.0. The molecule has 0 saturated heterocycles. The lowest BCUT2D eigenvalue weighted by Gasteiger charge is -2.12. The van der Waals surface area contributed by atoms with Crippen molar-refractivity contribution in [1.29, 1.82) is 0 Å². The molecule has 1 N–H and O–H groups in total. The summed E-state index contributed by atoms with van der Waals surface area (Å²) in [6.07, 6.45) is 2.01. The molecule has 30 heavy (non-hydrogen) atoms. The molecular formula is C24H23N3O2S. The molecule has 0 unspecified atom stereocenters. The number of anilines is 1. The number of amides is 1. The van der Waals surface area contributed by atoms with Crippen LogP contribution < -0.4 is 10.1 Å². The molecule has 0 saturated carbocycles. The number of para-hydroxylation sites is 3. The SMILES string of the molecule is CSc1cccc(NC(=O)Cn2c(COc3ccccc3C)nc3ccccc32)c1. The number of thioether (sulfide) groups is 1. The van der Waals surface area contributed by atoms with Crippen molar-refractivity contribution in [3.8, 4) is 5.75 Å². The lowest BCUT2D eigenvalue weighted by atomic mass is 10.2. The van der Waals surface area contributed by atoms with Gasteiger partial charge in [0, 0.05) is 10.6 Å². The molecule has 0 atom stereocenters. The van der Waals surface area contributed by atoms with Crippen molar-refractivity contribution in [2.75, 3.05) is 11.6 Å². The number of aromatic nitrogens is 2. The van der Waals surface area contributed by atoms with Crippen LogP contribution in [0.3, 0.4) is 0 Å². The van der Waals surface area contributed by atoms with E-state index < -0.39 is 0 Å². The van der Waals surface area contributed by atoms with Crippen molar-refractivity contribution >= 4 is 34.4 Å². The Bertz CT molecular complexity index is 1190. The van der Waals surface area contributed by atoms with Gasteiger partial charge in [0.15, 0.2) is 0 Å². The summed E-state index contributed by atoms with van der Waals surface area (Å²) in [6.45, 7) is 2.46. The lowest BCUT2D eigenvalue weighted by Crippen LogP contribution is -2.20. The summed E-state index contributed by atoms with van der Waals surface area (Å²) in [7, 11) is 0. The minimum Gasteiger partial charge on any atom is -0.485 e. The van der Waals surface area contributed by atoms with Gasteiger partial charge in [-0.2, -0.15) is 0 Å². The highest BCUT2D eigenvalue weighted by Gasteiger charge is 2.15. The molecule has 0 aliphatic heterocycles. The molecule has 152 valence electrons. The molecule has 5 nitrogen and oxygen atoms in total. The van der Waals surface area contributed by atoms with Gasteiger partial charge in [0.2, 0.25) is 5.91 Å². The van der Waals surface area contributed by atoms with Crippen LogP contribution in [0.4, 0.5) is 5.69 Å². The van der Waals surface area contributed by atoms with Gasteiger partial charge in [-0.15, -0.1) is 11.8 Å². The average molecular weight is 418 g/mol. The molecule has 1 heterocycles. The van der Waals surface area contributed by atoms with Gasteiger partial charge < -0.3 is 14.6 Å². The van der Waals surface area contributed by atoms with Crippen LogP contribution >= 0.6 is 11.8 Å². The second-order valence-electron chi connectivity index (χ2n) is 6.94. The average Bonchev–Trinajstić information content (AvgIpc) is 3.10. The lowest BCUT2D eigenvalue weighted by molar-refractivity contribution is -0.116. The molecule has 1 amide bonds. The van der Waals surface area contributed by atoms with Gasteiger partial charge in [-0.3, -0.25) is 4.79 Å². The van der Waals surface area contributed by atoms with Crippen LogP contribution in [-0.2, 0) is 17.9 Å². The van der Waals surface area contributed by atoms with Gasteiger partial charge in [-0.05, 0) is 55.1 Å². The van der Waals surface area contributed by atoms with Gasteiger partial charge >= 0.3 is 0 Å². The Morgan fingerprint density at radius 2 is 1.87 bits per heavy atom. The van der Waals surface area contributed by atoms with E-state index >= 15 is 0 Å². The van der Waals surface area contributed by atoms with Crippen molar-refractivity contribution in [2.24, 2.45) is 0 Å². The second kappa shape index (κ2) is 9.05. The van der Waals surface area contributed by atoms with Crippen molar-refractivity contribution in [3.63, 3.8) is 0 Å². The zero-order chi connectivity index (χ0) is 20.9. The summed E-state index contributed by atoms with van der Waals surface area (Å²) in [6, 6.07) is 23.5. The number of benzene rings is 3. The number of aryl methyl sites for hydroxylation is 1. The van der Waals surface area contributed by atoms with Crippen LogP contribution in [-0.4, -0.2) is 21.7 Å². The summed E-state index contributed by atoms with van der Waals surface area (Å²) in [5.41, 5.74) is 3.60. The Morgan fingerprint density at radius 3 is 2.70 bits per heavy atom. The van der Waals surface area contributed by atoms with E-state index in [1.54, 1.807) is 11.8 Å². The number of rotatable bonds is 7. The number of carbonyl (C=O) groups excluding carboxylic acids is 1. The Morgan fingerprint density at radius 1 is 1.07 bits per heavy atom. The predicted molar refractivity (Wildman–Crippen MR) is 122 cm³/mol. The molecular weight excluding hydrogens is 394 g/mol. The highest BCUT2D eigenvalue weighted by atomic mass is 32.2. The van der Waals surface area contributed by atoms with Crippen LogP contribution in [0.5, 0.6) is 5.75 Å². The molecule has 0 spiro atoms. The maximum absolute atomic E-state index is 12.8. The van der Waals surface area contributed by atoms with Crippen molar-refractivity contribution in [2.45, 2.75) is 25.0 Å². The maximum atomic E-state index is 12.8. The topological polar surface area (TPSA) is 56.2 Å². The largest absolute Gasteiger partial charge is 0.485 e. The van der Waals surface area contributed by atoms with E-state index in [9.17, 15) is 4.79 Å². The Labute approximate surface area is 180 Å². The van der Waals surface area contributed by atoms with Gasteiger partial charge in [0.25, 0.3) is 0 Å². The molecule has 6 heteroatoms. The number of ether oxygens (including phenoxy) is 1. The maximum Gasteiger partial charge on any atom is 0.244 e. The molecule has 0 fully saturated rings. The highest BCUT2D eigenvalue weighted by molar-refractivity contribution is 7.98. The van der Waals surface area contributed by atoms with E-state index in [2.05, 4.69) is 5.32 Å². The standard InChI is InChI=1S/C24H23N3O2S/c1-17-8-3-6-13-22(17)29-16-23-26-20-11-4-5-12-21(20)27(23)15-24(28)25-18-9-7-10-19(14-18)30-2/h3-14H,15-16H2,1-2H3,(H,25,28). The van der Waals surface area contributed by atoms with E-state index in [0.717, 1.165) is 32.9 Å². The third kappa shape index (κ3) is 4.49. The molecule has 0 aliphatic rings. The first-order valence-electron chi connectivity index (χ1n) is 9.70. The predicted octanol–water partition coefficient (Wildman–Crippen LogP) is 5.28. The molecule has 0 radical (unpaired) electrons. The van der Waals surface area contributed by atoms with E-state index in [1.165, 1.54) is 0 Å². The summed E-state index contributed by atoms with van der Waals surface area (Å²) in [4.78, 5) is 18.6. The van der Waals surface area contributed by atoms with Gasteiger partial charge in [-0.25, -0.2) is 4.98 Å². The first kappa shape index (κ1) is 20.0. The summed E-state index contributed by atoms with van der Waals surface area (Å²) in [5, 5.41) is 2.99. The first-order valence-corrected chi connectivity index (χ1v) is 10.9.